The Kier molecular flexibility index (Phi) is 6.89. The first-order valence-corrected chi connectivity index (χ1v) is 8.64. The molecule has 2 rings (SSSR count). The third-order valence-corrected chi connectivity index (χ3v) is 4.76. The zero-order valence-corrected chi connectivity index (χ0v) is 14.8. The Bertz CT molecular complexity index is 637. The van der Waals surface area contributed by atoms with Gasteiger partial charge in [-0.3, -0.25) is 9.78 Å². The number of benzene rings is 1. The Labute approximate surface area is 146 Å². The molecule has 4 nitrogen and oxygen atoms in total. The highest BCUT2D eigenvalue weighted by molar-refractivity contribution is 8.00. The van der Waals surface area contributed by atoms with Crippen molar-refractivity contribution in [1.29, 1.82) is 0 Å². The minimum atomic E-state index is 0.00529. The summed E-state index contributed by atoms with van der Waals surface area (Å²) in [4.78, 5) is 19.1. The SMILES string of the molecule is CN(C)[C@@H](CNC(=O)CSc1ccncc1)c1ccccc1Cl. The van der Waals surface area contributed by atoms with Crippen LogP contribution in [0.3, 0.4) is 0 Å². The van der Waals surface area contributed by atoms with Crippen molar-refractivity contribution >= 4 is 29.3 Å². The van der Waals surface area contributed by atoms with Crippen molar-refractivity contribution in [2.45, 2.75) is 10.9 Å². The van der Waals surface area contributed by atoms with Crippen LogP contribution >= 0.6 is 23.4 Å². The molecule has 0 bridgehead atoms. The highest BCUT2D eigenvalue weighted by Crippen LogP contribution is 2.25. The van der Waals surface area contributed by atoms with Gasteiger partial charge in [-0.1, -0.05) is 29.8 Å². The molecule has 122 valence electrons. The van der Waals surface area contributed by atoms with Gasteiger partial charge in [0, 0.05) is 28.9 Å². The van der Waals surface area contributed by atoms with Crippen LogP contribution in [0.4, 0.5) is 0 Å². The van der Waals surface area contributed by atoms with Gasteiger partial charge in [0.15, 0.2) is 0 Å². The molecule has 0 saturated heterocycles. The normalized spacial score (nSPS) is 12.2. The first-order chi connectivity index (χ1) is 11.1. The fourth-order valence-corrected chi connectivity index (χ4v) is 3.14. The van der Waals surface area contributed by atoms with Gasteiger partial charge < -0.3 is 10.2 Å². The fourth-order valence-electron chi connectivity index (χ4n) is 2.16. The van der Waals surface area contributed by atoms with E-state index < -0.39 is 0 Å². The summed E-state index contributed by atoms with van der Waals surface area (Å²) in [5.74, 6) is 0.387. The molecule has 0 spiro atoms. The van der Waals surface area contributed by atoms with Crippen LogP contribution in [0.5, 0.6) is 0 Å². The summed E-state index contributed by atoms with van der Waals surface area (Å²) >= 11 is 7.77. The molecule has 0 aliphatic rings. The summed E-state index contributed by atoms with van der Waals surface area (Å²) in [6.07, 6.45) is 3.44. The maximum absolute atomic E-state index is 12.1. The number of halogens is 1. The summed E-state index contributed by atoms with van der Waals surface area (Å²) in [7, 11) is 3.96. The Morgan fingerprint density at radius 1 is 1.26 bits per heavy atom. The van der Waals surface area contributed by atoms with Crippen LogP contribution in [-0.2, 0) is 4.79 Å². The first kappa shape index (κ1) is 17.8. The van der Waals surface area contributed by atoms with Crippen LogP contribution in [0.25, 0.3) is 0 Å². The second kappa shape index (κ2) is 8.91. The van der Waals surface area contributed by atoms with E-state index in [1.165, 1.54) is 11.8 Å². The van der Waals surface area contributed by atoms with E-state index in [1.54, 1.807) is 12.4 Å². The second-order valence-electron chi connectivity index (χ2n) is 5.28. The van der Waals surface area contributed by atoms with E-state index in [0.29, 0.717) is 17.3 Å². The maximum atomic E-state index is 12.1. The lowest BCUT2D eigenvalue weighted by atomic mass is 10.1. The summed E-state index contributed by atoms with van der Waals surface area (Å²) in [6, 6.07) is 11.5. The molecule has 0 saturated carbocycles. The van der Waals surface area contributed by atoms with Crippen LogP contribution in [0.2, 0.25) is 5.02 Å². The van der Waals surface area contributed by atoms with Gasteiger partial charge in [0.25, 0.3) is 0 Å². The lowest BCUT2D eigenvalue weighted by Crippen LogP contribution is -2.35. The van der Waals surface area contributed by atoms with Gasteiger partial charge in [-0.2, -0.15) is 0 Å². The Hall–Kier alpha value is -1.56. The molecule has 1 atom stereocenters. The molecule has 1 aromatic carbocycles. The largest absolute Gasteiger partial charge is 0.353 e. The summed E-state index contributed by atoms with van der Waals surface area (Å²) in [5.41, 5.74) is 1.02. The number of hydrogen-bond donors (Lipinski definition) is 1. The summed E-state index contributed by atoms with van der Waals surface area (Å²) < 4.78 is 0. The van der Waals surface area contributed by atoms with E-state index in [9.17, 15) is 4.79 Å². The average molecular weight is 350 g/mol. The molecule has 23 heavy (non-hydrogen) atoms. The number of nitrogens with zero attached hydrogens (tertiary/aromatic N) is 2. The van der Waals surface area contributed by atoms with E-state index in [-0.39, 0.29) is 11.9 Å². The van der Waals surface area contributed by atoms with Crippen molar-refractivity contribution in [1.82, 2.24) is 15.2 Å². The number of thioether (sulfide) groups is 1. The molecule has 6 heteroatoms. The van der Waals surface area contributed by atoms with E-state index in [2.05, 4.69) is 15.2 Å². The molecule has 0 fully saturated rings. The van der Waals surface area contributed by atoms with Crippen molar-refractivity contribution in [2.75, 3.05) is 26.4 Å². The van der Waals surface area contributed by atoms with Crippen LogP contribution in [0.15, 0.2) is 53.7 Å². The third kappa shape index (κ3) is 5.53. The topological polar surface area (TPSA) is 45.2 Å². The van der Waals surface area contributed by atoms with Crippen molar-refractivity contribution in [3.05, 3.63) is 59.4 Å². The van der Waals surface area contributed by atoms with Gasteiger partial charge in [-0.05, 0) is 37.9 Å². The number of pyridine rings is 1. The predicted molar refractivity (Wildman–Crippen MR) is 95.9 cm³/mol. The smallest absolute Gasteiger partial charge is 0.230 e. The highest BCUT2D eigenvalue weighted by Gasteiger charge is 2.17. The van der Waals surface area contributed by atoms with Crippen LogP contribution in [0, 0.1) is 0 Å². The molecule has 0 aliphatic heterocycles. The molecule has 1 amide bonds. The van der Waals surface area contributed by atoms with Gasteiger partial charge in [0.2, 0.25) is 5.91 Å². The molecule has 1 N–H and O–H groups in total. The number of nitrogens with one attached hydrogen (secondary N) is 1. The molecule has 0 aliphatic carbocycles. The zero-order chi connectivity index (χ0) is 16.7. The fraction of sp³-hybridized carbons (Fsp3) is 0.294. The van der Waals surface area contributed by atoms with Crippen LogP contribution in [0.1, 0.15) is 11.6 Å². The summed E-state index contributed by atoms with van der Waals surface area (Å²) in [5, 5.41) is 3.70. The minimum absolute atomic E-state index is 0.00529. The zero-order valence-electron chi connectivity index (χ0n) is 13.2. The van der Waals surface area contributed by atoms with Crippen molar-refractivity contribution < 1.29 is 4.79 Å². The first-order valence-electron chi connectivity index (χ1n) is 7.28. The molecule has 2 aromatic rings. The molecular formula is C17H20ClN3OS. The number of amides is 1. The van der Waals surface area contributed by atoms with Gasteiger partial charge in [-0.15, -0.1) is 11.8 Å². The molecule has 1 heterocycles. The number of rotatable bonds is 7. The minimum Gasteiger partial charge on any atom is -0.353 e. The monoisotopic (exact) mass is 349 g/mol. The van der Waals surface area contributed by atoms with Gasteiger partial charge in [-0.25, -0.2) is 0 Å². The van der Waals surface area contributed by atoms with E-state index in [4.69, 9.17) is 11.6 Å². The van der Waals surface area contributed by atoms with Crippen LogP contribution < -0.4 is 5.32 Å². The number of hydrogen-bond acceptors (Lipinski definition) is 4. The number of carbonyl (C=O) groups excluding carboxylic acids is 1. The summed E-state index contributed by atoms with van der Waals surface area (Å²) in [6.45, 7) is 0.520. The number of carbonyl (C=O) groups is 1. The third-order valence-electron chi connectivity index (χ3n) is 3.40. The second-order valence-corrected chi connectivity index (χ2v) is 6.73. The quantitative estimate of drug-likeness (QED) is 0.779. The van der Waals surface area contributed by atoms with E-state index in [1.807, 2.05) is 50.5 Å². The molecular weight excluding hydrogens is 330 g/mol. The number of likely N-dealkylation sites (N-methyl/N-ethyl adjacent to an activating group) is 1. The van der Waals surface area contributed by atoms with Crippen molar-refractivity contribution in [3.63, 3.8) is 0 Å². The average Bonchev–Trinajstić information content (AvgIpc) is 2.55. The lowest BCUT2D eigenvalue weighted by molar-refractivity contribution is -0.118. The number of aromatic nitrogens is 1. The molecule has 1 aromatic heterocycles. The molecule has 0 unspecified atom stereocenters. The van der Waals surface area contributed by atoms with Gasteiger partial charge in [0.1, 0.15) is 0 Å². The van der Waals surface area contributed by atoms with Crippen molar-refractivity contribution in [3.8, 4) is 0 Å². The predicted octanol–water partition coefficient (Wildman–Crippen LogP) is 3.25. The van der Waals surface area contributed by atoms with Crippen LogP contribution in [-0.4, -0.2) is 42.2 Å². The van der Waals surface area contributed by atoms with Gasteiger partial charge >= 0.3 is 0 Å². The standard InChI is InChI=1S/C17H20ClN3OS/c1-21(2)16(14-5-3-4-6-15(14)18)11-20-17(22)12-23-13-7-9-19-10-8-13/h3-10,16H,11-12H2,1-2H3,(H,20,22)/t16-/m0/s1. The Morgan fingerprint density at radius 2 is 1.96 bits per heavy atom. The molecule has 0 radical (unpaired) electrons. The van der Waals surface area contributed by atoms with E-state index >= 15 is 0 Å². The Morgan fingerprint density at radius 3 is 2.61 bits per heavy atom. The van der Waals surface area contributed by atoms with E-state index in [0.717, 1.165) is 10.5 Å². The van der Waals surface area contributed by atoms with Crippen molar-refractivity contribution in [2.24, 2.45) is 0 Å². The maximum Gasteiger partial charge on any atom is 0.230 e. The lowest BCUT2D eigenvalue weighted by Gasteiger charge is -2.26. The highest BCUT2D eigenvalue weighted by atomic mass is 35.5. The Balaban J connectivity index is 1.89. The van der Waals surface area contributed by atoms with Gasteiger partial charge in [0.05, 0.1) is 11.8 Å².